The third kappa shape index (κ3) is 1.72. The number of nitrogens with one attached hydrogen (secondary N) is 2. The van der Waals surface area contributed by atoms with E-state index in [0.717, 1.165) is 24.8 Å². The first kappa shape index (κ1) is 11.2. The van der Waals surface area contributed by atoms with Crippen molar-refractivity contribution in [3.05, 3.63) is 34.2 Å². The van der Waals surface area contributed by atoms with Gasteiger partial charge in [-0.2, -0.15) is 0 Å². The molecule has 0 radical (unpaired) electrons. The van der Waals surface area contributed by atoms with Gasteiger partial charge in [0.25, 0.3) is 0 Å². The van der Waals surface area contributed by atoms with Gasteiger partial charge < -0.3 is 15.0 Å². The van der Waals surface area contributed by atoms with Crippen LogP contribution in [0.4, 0.5) is 0 Å². The monoisotopic (exact) mass is 260 g/mol. The Morgan fingerprint density at radius 3 is 2.84 bits per heavy atom. The molecule has 0 spiro atoms. The molecule has 2 atom stereocenters. The fourth-order valence-corrected chi connectivity index (χ4v) is 3.05. The lowest BCUT2D eigenvalue weighted by Crippen LogP contribution is -2.39. The molecule has 0 unspecified atom stereocenters. The lowest BCUT2D eigenvalue weighted by molar-refractivity contribution is -0.125. The molecule has 2 aliphatic carbocycles. The Bertz CT molecular complexity index is 568. The number of rotatable bonds is 3. The summed E-state index contributed by atoms with van der Waals surface area (Å²) in [6.45, 7) is 0.644. The number of pyridine rings is 1. The number of hydrogen-bond acceptors (Lipinski definition) is 3. The van der Waals surface area contributed by atoms with E-state index in [2.05, 4.69) is 10.3 Å². The Labute approximate surface area is 110 Å². The van der Waals surface area contributed by atoms with E-state index in [0.29, 0.717) is 12.5 Å². The molecule has 100 valence electrons. The van der Waals surface area contributed by atoms with Gasteiger partial charge in [-0.15, -0.1) is 0 Å². The van der Waals surface area contributed by atoms with Crippen molar-refractivity contribution in [1.29, 1.82) is 0 Å². The molecule has 3 fully saturated rings. The van der Waals surface area contributed by atoms with E-state index < -0.39 is 0 Å². The summed E-state index contributed by atoms with van der Waals surface area (Å²) in [7, 11) is 0. The average Bonchev–Trinajstić information content (AvgIpc) is 3.21. The molecule has 0 bridgehead atoms. The van der Waals surface area contributed by atoms with Crippen LogP contribution >= 0.6 is 0 Å². The van der Waals surface area contributed by atoms with Crippen molar-refractivity contribution in [3.63, 3.8) is 0 Å². The molecule has 4 rings (SSSR count). The largest absolute Gasteiger partial charge is 0.371 e. The van der Waals surface area contributed by atoms with Crippen molar-refractivity contribution >= 4 is 5.91 Å². The third-order valence-electron chi connectivity index (χ3n) is 4.68. The molecule has 1 aromatic heterocycles. The first-order valence-electron chi connectivity index (χ1n) is 6.80. The van der Waals surface area contributed by atoms with Crippen molar-refractivity contribution in [3.8, 4) is 0 Å². The van der Waals surface area contributed by atoms with E-state index in [9.17, 15) is 9.59 Å². The molecule has 3 aliphatic rings. The molecule has 2 heterocycles. The molecule has 1 saturated heterocycles. The Kier molecular flexibility index (Phi) is 2.18. The summed E-state index contributed by atoms with van der Waals surface area (Å²) < 4.78 is 5.70. The standard InChI is InChI=1S/C14H16N2O3/c17-11-2-1-8(7-15-11)12-10(3-4-19-12)16-13(18)14-5-9(14)6-14/h1-2,7,9-10,12H,3-6H2,(H,15,17)(H,16,18)/t9?,10-,12+,14?/m1/s1. The number of hydrogen-bond donors (Lipinski definition) is 2. The molecular weight excluding hydrogens is 244 g/mol. The van der Waals surface area contributed by atoms with Crippen LogP contribution < -0.4 is 10.9 Å². The summed E-state index contributed by atoms with van der Waals surface area (Å²) in [5, 5.41) is 3.13. The van der Waals surface area contributed by atoms with Gasteiger partial charge in [-0.25, -0.2) is 0 Å². The van der Waals surface area contributed by atoms with Gasteiger partial charge in [0.2, 0.25) is 11.5 Å². The van der Waals surface area contributed by atoms with Crippen LogP contribution in [-0.2, 0) is 9.53 Å². The normalized spacial score (nSPS) is 38.6. The second-order valence-electron chi connectivity index (χ2n) is 5.91. The number of aromatic nitrogens is 1. The highest BCUT2D eigenvalue weighted by molar-refractivity contribution is 5.90. The van der Waals surface area contributed by atoms with Crippen LogP contribution in [0.15, 0.2) is 23.1 Å². The SMILES string of the molecule is O=C(N[C@@H]1CCO[C@H]1c1ccc(=O)[nH]c1)C12CC1C2. The van der Waals surface area contributed by atoms with Crippen LogP contribution in [0.25, 0.3) is 0 Å². The fourth-order valence-electron chi connectivity index (χ4n) is 3.05. The van der Waals surface area contributed by atoms with E-state index in [-0.39, 0.29) is 29.0 Å². The maximum atomic E-state index is 12.1. The number of carbonyl (C=O) groups excluding carboxylic acids is 1. The molecule has 1 aliphatic heterocycles. The van der Waals surface area contributed by atoms with Gasteiger partial charge in [0.05, 0.1) is 11.5 Å². The Balaban J connectivity index is 1.49. The van der Waals surface area contributed by atoms with E-state index in [1.54, 1.807) is 12.3 Å². The van der Waals surface area contributed by atoms with Crippen molar-refractivity contribution in [2.45, 2.75) is 31.4 Å². The lowest BCUT2D eigenvalue weighted by Gasteiger charge is -2.20. The number of H-pyrrole nitrogens is 1. The number of aromatic amines is 1. The van der Waals surface area contributed by atoms with Crippen molar-refractivity contribution in [2.24, 2.45) is 11.3 Å². The van der Waals surface area contributed by atoms with Crippen molar-refractivity contribution in [2.75, 3.05) is 6.61 Å². The predicted octanol–water partition coefficient (Wildman–Crippen LogP) is 0.731. The molecule has 1 aromatic rings. The minimum absolute atomic E-state index is 0.00184. The minimum atomic E-state index is -0.145. The zero-order valence-corrected chi connectivity index (χ0v) is 10.5. The number of fused-ring (bicyclic) bond motifs is 1. The second kappa shape index (κ2) is 3.70. The summed E-state index contributed by atoms with van der Waals surface area (Å²) >= 11 is 0. The van der Waals surface area contributed by atoms with Crippen LogP contribution in [0.1, 0.15) is 30.9 Å². The van der Waals surface area contributed by atoms with E-state index in [4.69, 9.17) is 4.74 Å². The summed E-state index contributed by atoms with van der Waals surface area (Å²) in [4.78, 5) is 25.9. The Morgan fingerprint density at radius 1 is 1.42 bits per heavy atom. The molecule has 1 amide bonds. The van der Waals surface area contributed by atoms with Crippen LogP contribution in [0, 0.1) is 11.3 Å². The van der Waals surface area contributed by atoms with Gasteiger partial charge in [-0.1, -0.05) is 0 Å². The van der Waals surface area contributed by atoms with Crippen LogP contribution in [0.5, 0.6) is 0 Å². The van der Waals surface area contributed by atoms with E-state index in [1.807, 2.05) is 0 Å². The highest BCUT2D eigenvalue weighted by Crippen LogP contribution is 2.75. The molecule has 19 heavy (non-hydrogen) atoms. The Morgan fingerprint density at radius 2 is 2.21 bits per heavy atom. The number of carbonyl (C=O) groups is 1. The van der Waals surface area contributed by atoms with Crippen LogP contribution in [0.2, 0.25) is 0 Å². The van der Waals surface area contributed by atoms with Gasteiger partial charge in [-0.3, -0.25) is 9.59 Å². The summed E-state index contributed by atoms with van der Waals surface area (Å²) in [5.41, 5.74) is 0.793. The zero-order chi connectivity index (χ0) is 13.0. The molecule has 2 saturated carbocycles. The van der Waals surface area contributed by atoms with Gasteiger partial charge in [0.15, 0.2) is 0 Å². The highest BCUT2D eigenvalue weighted by atomic mass is 16.5. The topological polar surface area (TPSA) is 71.2 Å². The summed E-state index contributed by atoms with van der Waals surface area (Å²) in [6, 6.07) is 3.28. The number of ether oxygens (including phenoxy) is 1. The predicted molar refractivity (Wildman–Crippen MR) is 67.5 cm³/mol. The molecular formula is C14H16N2O3. The van der Waals surface area contributed by atoms with Gasteiger partial charge in [-0.05, 0) is 36.8 Å². The maximum Gasteiger partial charge on any atom is 0.247 e. The average molecular weight is 260 g/mol. The zero-order valence-electron chi connectivity index (χ0n) is 10.5. The highest BCUT2D eigenvalue weighted by Gasteiger charge is 2.74. The third-order valence-corrected chi connectivity index (χ3v) is 4.68. The molecule has 0 aromatic carbocycles. The van der Waals surface area contributed by atoms with Gasteiger partial charge >= 0.3 is 0 Å². The van der Waals surface area contributed by atoms with Crippen LogP contribution in [0.3, 0.4) is 0 Å². The second-order valence-corrected chi connectivity index (χ2v) is 5.91. The first-order chi connectivity index (χ1) is 9.19. The van der Waals surface area contributed by atoms with E-state index >= 15 is 0 Å². The summed E-state index contributed by atoms with van der Waals surface area (Å²) in [5.74, 6) is 0.851. The lowest BCUT2D eigenvalue weighted by atomic mass is 10.0. The quantitative estimate of drug-likeness (QED) is 0.841. The fraction of sp³-hybridized carbons (Fsp3) is 0.571. The van der Waals surface area contributed by atoms with Crippen LogP contribution in [-0.4, -0.2) is 23.5 Å². The Hall–Kier alpha value is -1.62. The molecule has 5 heteroatoms. The van der Waals surface area contributed by atoms with E-state index in [1.165, 1.54) is 6.07 Å². The van der Waals surface area contributed by atoms with Gasteiger partial charge in [0.1, 0.15) is 6.10 Å². The van der Waals surface area contributed by atoms with Gasteiger partial charge in [0, 0.05) is 18.9 Å². The smallest absolute Gasteiger partial charge is 0.247 e. The summed E-state index contributed by atoms with van der Waals surface area (Å²) in [6.07, 6.45) is 4.49. The molecule has 5 nitrogen and oxygen atoms in total. The van der Waals surface area contributed by atoms with Crippen molar-refractivity contribution < 1.29 is 9.53 Å². The molecule has 2 N–H and O–H groups in total. The number of amides is 1. The van der Waals surface area contributed by atoms with Crippen molar-refractivity contribution in [1.82, 2.24) is 10.3 Å². The minimum Gasteiger partial charge on any atom is -0.371 e. The first-order valence-corrected chi connectivity index (χ1v) is 6.80. The maximum absolute atomic E-state index is 12.1.